The number of ether oxygens (including phenoxy) is 1. The van der Waals surface area contributed by atoms with Crippen molar-refractivity contribution in [3.63, 3.8) is 0 Å². The topological polar surface area (TPSA) is 58.6 Å². The van der Waals surface area contributed by atoms with Gasteiger partial charge in [-0.2, -0.15) is 0 Å². The Morgan fingerprint density at radius 2 is 1.92 bits per heavy atom. The largest absolute Gasteiger partial charge is 0.494 e. The molecule has 0 aromatic heterocycles. The molecule has 1 unspecified atom stereocenters. The van der Waals surface area contributed by atoms with Gasteiger partial charge < -0.3 is 15.0 Å². The lowest BCUT2D eigenvalue weighted by atomic mass is 10.1. The van der Waals surface area contributed by atoms with Crippen LogP contribution in [-0.2, 0) is 9.59 Å². The van der Waals surface area contributed by atoms with Crippen molar-refractivity contribution in [2.24, 2.45) is 5.92 Å². The van der Waals surface area contributed by atoms with E-state index in [0.29, 0.717) is 18.0 Å². The maximum atomic E-state index is 13.2. The zero-order valence-electron chi connectivity index (χ0n) is 14.2. The number of rotatable bonds is 5. The van der Waals surface area contributed by atoms with Crippen molar-refractivity contribution in [2.75, 3.05) is 23.4 Å². The molecule has 1 heterocycles. The quantitative estimate of drug-likeness (QED) is 0.890. The lowest BCUT2D eigenvalue weighted by molar-refractivity contribution is -0.122. The molecule has 1 aliphatic heterocycles. The van der Waals surface area contributed by atoms with Crippen LogP contribution in [0.2, 0.25) is 0 Å². The number of nitrogens with zero attached hydrogens (tertiary/aromatic N) is 1. The molecule has 1 aliphatic rings. The number of benzene rings is 2. The summed E-state index contributed by atoms with van der Waals surface area (Å²) in [6, 6.07) is 10.2. The molecule has 1 fully saturated rings. The number of anilines is 2. The first-order valence-corrected chi connectivity index (χ1v) is 8.27. The molecule has 26 heavy (non-hydrogen) atoms. The molecular weight excluding hydrogens is 342 g/mol. The standard InChI is InChI=1S/C19H18F2N2O3/c1-2-26-15-6-4-14(5-7-15)23-11-12(9-18(23)24)19(25)22-13-3-8-16(20)17(21)10-13/h3-8,10,12H,2,9,11H2,1H3,(H,22,25). The van der Waals surface area contributed by atoms with Gasteiger partial charge in [0.2, 0.25) is 11.8 Å². The van der Waals surface area contributed by atoms with Crippen molar-refractivity contribution in [1.82, 2.24) is 0 Å². The number of nitrogens with one attached hydrogen (secondary N) is 1. The van der Waals surface area contributed by atoms with Gasteiger partial charge in [-0.25, -0.2) is 8.78 Å². The molecule has 136 valence electrons. The minimum Gasteiger partial charge on any atom is -0.494 e. The van der Waals surface area contributed by atoms with Gasteiger partial charge in [-0.1, -0.05) is 0 Å². The monoisotopic (exact) mass is 360 g/mol. The summed E-state index contributed by atoms with van der Waals surface area (Å²) in [5.41, 5.74) is 0.836. The van der Waals surface area contributed by atoms with E-state index in [0.717, 1.165) is 12.1 Å². The van der Waals surface area contributed by atoms with Crippen LogP contribution in [0, 0.1) is 17.6 Å². The van der Waals surface area contributed by atoms with Crippen molar-refractivity contribution in [3.05, 3.63) is 54.1 Å². The van der Waals surface area contributed by atoms with E-state index in [2.05, 4.69) is 5.32 Å². The fraction of sp³-hybridized carbons (Fsp3) is 0.263. The molecule has 1 atom stereocenters. The summed E-state index contributed by atoms with van der Waals surface area (Å²) in [6.45, 7) is 2.66. The van der Waals surface area contributed by atoms with Gasteiger partial charge in [0.1, 0.15) is 5.75 Å². The number of halogens is 2. The molecule has 0 saturated carbocycles. The number of hydrogen-bond donors (Lipinski definition) is 1. The minimum atomic E-state index is -1.04. The fourth-order valence-electron chi connectivity index (χ4n) is 2.84. The molecule has 7 heteroatoms. The van der Waals surface area contributed by atoms with Crippen LogP contribution in [0.25, 0.3) is 0 Å². The highest BCUT2D eigenvalue weighted by atomic mass is 19.2. The third-order valence-electron chi connectivity index (χ3n) is 4.14. The Balaban J connectivity index is 1.66. The molecule has 0 spiro atoms. The molecule has 1 N–H and O–H groups in total. The van der Waals surface area contributed by atoms with Gasteiger partial charge in [0.05, 0.1) is 12.5 Å². The second kappa shape index (κ2) is 7.51. The van der Waals surface area contributed by atoms with E-state index in [-0.39, 0.29) is 24.6 Å². The molecule has 1 saturated heterocycles. The zero-order chi connectivity index (χ0) is 18.7. The van der Waals surface area contributed by atoms with E-state index in [1.165, 1.54) is 11.0 Å². The molecule has 0 bridgehead atoms. The van der Waals surface area contributed by atoms with E-state index in [4.69, 9.17) is 4.74 Å². The summed E-state index contributed by atoms with van der Waals surface area (Å²) >= 11 is 0. The highest BCUT2D eigenvalue weighted by molar-refractivity contribution is 6.03. The molecule has 0 radical (unpaired) electrons. The highest BCUT2D eigenvalue weighted by Crippen LogP contribution is 2.27. The van der Waals surface area contributed by atoms with Crippen LogP contribution in [0.5, 0.6) is 5.75 Å². The summed E-state index contributed by atoms with van der Waals surface area (Å²) in [6.07, 6.45) is 0.0583. The van der Waals surface area contributed by atoms with Crippen molar-refractivity contribution in [2.45, 2.75) is 13.3 Å². The van der Waals surface area contributed by atoms with Crippen LogP contribution in [0.1, 0.15) is 13.3 Å². The molecule has 2 aromatic rings. The maximum Gasteiger partial charge on any atom is 0.229 e. The molecule has 3 rings (SSSR count). The van der Waals surface area contributed by atoms with Crippen molar-refractivity contribution in [3.8, 4) is 5.75 Å². The number of carbonyl (C=O) groups is 2. The highest BCUT2D eigenvalue weighted by Gasteiger charge is 2.35. The lowest BCUT2D eigenvalue weighted by Gasteiger charge is -2.17. The first-order valence-electron chi connectivity index (χ1n) is 8.27. The van der Waals surface area contributed by atoms with Gasteiger partial charge in [-0.15, -0.1) is 0 Å². The van der Waals surface area contributed by atoms with Crippen LogP contribution >= 0.6 is 0 Å². The Morgan fingerprint density at radius 3 is 2.58 bits per heavy atom. The van der Waals surface area contributed by atoms with E-state index in [9.17, 15) is 18.4 Å². The Bertz CT molecular complexity index is 824. The Morgan fingerprint density at radius 1 is 1.19 bits per heavy atom. The predicted molar refractivity (Wildman–Crippen MR) is 93.1 cm³/mol. The lowest BCUT2D eigenvalue weighted by Crippen LogP contribution is -2.28. The van der Waals surface area contributed by atoms with Crippen LogP contribution in [-0.4, -0.2) is 25.0 Å². The molecule has 0 aliphatic carbocycles. The summed E-state index contributed by atoms with van der Waals surface area (Å²) in [4.78, 5) is 26.1. The third kappa shape index (κ3) is 3.82. The van der Waals surface area contributed by atoms with Crippen molar-refractivity contribution in [1.29, 1.82) is 0 Å². The average Bonchev–Trinajstić information content (AvgIpc) is 3.01. The van der Waals surface area contributed by atoms with Gasteiger partial charge in [0.25, 0.3) is 0 Å². The average molecular weight is 360 g/mol. The van der Waals surface area contributed by atoms with Crippen LogP contribution in [0.4, 0.5) is 20.2 Å². The summed E-state index contributed by atoms with van der Waals surface area (Å²) in [7, 11) is 0. The summed E-state index contributed by atoms with van der Waals surface area (Å²) < 4.78 is 31.6. The maximum absolute atomic E-state index is 13.2. The number of hydrogen-bond acceptors (Lipinski definition) is 3. The summed E-state index contributed by atoms with van der Waals surface area (Å²) in [5, 5.41) is 2.53. The smallest absolute Gasteiger partial charge is 0.229 e. The second-order valence-electron chi connectivity index (χ2n) is 5.95. The molecule has 5 nitrogen and oxygen atoms in total. The SMILES string of the molecule is CCOc1ccc(N2CC(C(=O)Nc3ccc(F)c(F)c3)CC2=O)cc1. The Hall–Kier alpha value is -2.96. The number of carbonyl (C=O) groups excluding carboxylic acids is 2. The van der Waals surface area contributed by atoms with E-state index in [1.807, 2.05) is 6.92 Å². The first kappa shape index (κ1) is 17.8. The van der Waals surface area contributed by atoms with Gasteiger partial charge in [-0.05, 0) is 43.3 Å². The van der Waals surface area contributed by atoms with E-state index in [1.54, 1.807) is 24.3 Å². The van der Waals surface area contributed by atoms with Crippen molar-refractivity contribution >= 4 is 23.2 Å². The second-order valence-corrected chi connectivity index (χ2v) is 5.95. The van der Waals surface area contributed by atoms with Gasteiger partial charge in [-0.3, -0.25) is 9.59 Å². The summed E-state index contributed by atoms with van der Waals surface area (Å²) in [5.74, 6) is -2.46. The molecular formula is C19H18F2N2O3. The van der Waals surface area contributed by atoms with Gasteiger partial charge in [0, 0.05) is 30.4 Å². The zero-order valence-corrected chi connectivity index (χ0v) is 14.2. The third-order valence-corrected chi connectivity index (χ3v) is 4.14. The van der Waals surface area contributed by atoms with E-state index < -0.39 is 23.5 Å². The van der Waals surface area contributed by atoms with Crippen LogP contribution in [0.15, 0.2) is 42.5 Å². The number of amides is 2. The normalized spacial score (nSPS) is 16.7. The Labute approximate surface area is 149 Å². The Kier molecular flexibility index (Phi) is 5.16. The van der Waals surface area contributed by atoms with Crippen molar-refractivity contribution < 1.29 is 23.1 Å². The minimum absolute atomic E-state index is 0.0583. The first-order chi connectivity index (χ1) is 12.5. The molecule has 2 amide bonds. The van der Waals surface area contributed by atoms with Crippen LogP contribution < -0.4 is 15.0 Å². The van der Waals surface area contributed by atoms with Gasteiger partial charge in [0.15, 0.2) is 11.6 Å². The van der Waals surface area contributed by atoms with Gasteiger partial charge >= 0.3 is 0 Å². The molecule has 2 aromatic carbocycles. The van der Waals surface area contributed by atoms with E-state index >= 15 is 0 Å². The van der Waals surface area contributed by atoms with Crippen LogP contribution in [0.3, 0.4) is 0 Å². The predicted octanol–water partition coefficient (Wildman–Crippen LogP) is 3.36. The fourth-order valence-corrected chi connectivity index (χ4v) is 2.84.